The number of hydrogen-bond donors (Lipinski definition) is 2. The van der Waals surface area contributed by atoms with Crippen LogP contribution in [0.1, 0.15) is 98.0 Å². The maximum Gasteiger partial charge on any atom is 0.262 e. The second-order valence-electron chi connectivity index (χ2n) is 17.1. The van der Waals surface area contributed by atoms with E-state index in [1.54, 1.807) is 24.3 Å². The molecule has 0 aromatic heterocycles. The fourth-order valence-corrected chi connectivity index (χ4v) is 10.6. The highest BCUT2D eigenvalue weighted by Crippen LogP contribution is 2.48. The highest BCUT2D eigenvalue weighted by atomic mass is 19.1. The van der Waals surface area contributed by atoms with Gasteiger partial charge in [-0.05, 0) is 108 Å². The van der Waals surface area contributed by atoms with E-state index in [1.165, 1.54) is 5.56 Å². The molecule has 296 valence electrons. The number of carbonyl (C=O) groups is 5. The van der Waals surface area contributed by atoms with Gasteiger partial charge in [0.2, 0.25) is 17.7 Å². The van der Waals surface area contributed by atoms with Crippen molar-refractivity contribution in [2.24, 2.45) is 5.41 Å². The highest BCUT2D eigenvalue weighted by Gasteiger charge is 2.48. The Morgan fingerprint density at radius 2 is 1.50 bits per heavy atom. The van der Waals surface area contributed by atoms with Gasteiger partial charge in [-0.2, -0.15) is 0 Å². The quantitative estimate of drug-likeness (QED) is 0.255. The summed E-state index contributed by atoms with van der Waals surface area (Å²) in [5.74, 6) is -1.88. The molecule has 2 N–H and O–H groups in total. The first-order valence-electron chi connectivity index (χ1n) is 20.3. The average molecular weight is 782 g/mol. The van der Waals surface area contributed by atoms with Gasteiger partial charge in [0.1, 0.15) is 17.6 Å². The van der Waals surface area contributed by atoms with E-state index >= 15 is 4.39 Å². The van der Waals surface area contributed by atoms with Crippen LogP contribution < -0.4 is 10.2 Å². The van der Waals surface area contributed by atoms with Crippen LogP contribution in [0.15, 0.2) is 78.9 Å². The third-order valence-corrected chi connectivity index (χ3v) is 13.6. The van der Waals surface area contributed by atoms with Crippen LogP contribution in [0.5, 0.6) is 5.75 Å². The summed E-state index contributed by atoms with van der Waals surface area (Å²) in [6.07, 6.45) is 3.67. The van der Waals surface area contributed by atoms with Gasteiger partial charge in [0.15, 0.2) is 0 Å². The second-order valence-corrected chi connectivity index (χ2v) is 17.1. The topological polar surface area (TPSA) is 131 Å². The molecule has 11 nitrogen and oxygen atoms in total. The lowest BCUT2D eigenvalue weighted by molar-refractivity contribution is -0.146. The summed E-state index contributed by atoms with van der Waals surface area (Å²) in [6.45, 7) is 3.93. The van der Waals surface area contributed by atoms with E-state index in [0.29, 0.717) is 45.0 Å². The van der Waals surface area contributed by atoms with Gasteiger partial charge in [-0.3, -0.25) is 39.1 Å². The van der Waals surface area contributed by atoms with E-state index in [9.17, 15) is 29.1 Å². The number of benzene rings is 4. The van der Waals surface area contributed by atoms with Crippen LogP contribution in [0.25, 0.3) is 0 Å². The molecule has 5 heterocycles. The molecule has 1 spiro atoms. The van der Waals surface area contributed by atoms with Crippen molar-refractivity contribution in [3.8, 4) is 5.75 Å². The molecule has 0 unspecified atom stereocenters. The zero-order valence-electron chi connectivity index (χ0n) is 32.1. The molecule has 3 atom stereocenters. The van der Waals surface area contributed by atoms with E-state index in [0.717, 1.165) is 58.4 Å². The number of imide groups is 2. The molecule has 5 amide bonds. The van der Waals surface area contributed by atoms with Crippen LogP contribution >= 0.6 is 0 Å². The molecular weight excluding hydrogens is 738 g/mol. The zero-order chi connectivity index (χ0) is 39.9. The Hall–Kier alpha value is -5.88. The van der Waals surface area contributed by atoms with Gasteiger partial charge in [-0.1, -0.05) is 42.5 Å². The first-order chi connectivity index (χ1) is 28.0. The molecule has 0 saturated carbocycles. The van der Waals surface area contributed by atoms with Crippen LogP contribution in [0.4, 0.5) is 10.1 Å². The summed E-state index contributed by atoms with van der Waals surface area (Å²) in [5.41, 5.74) is 7.31. The van der Waals surface area contributed by atoms with Crippen LogP contribution in [-0.4, -0.2) is 88.1 Å². The fourth-order valence-electron chi connectivity index (χ4n) is 10.6. The molecule has 3 saturated heterocycles. The van der Waals surface area contributed by atoms with E-state index in [4.69, 9.17) is 0 Å². The van der Waals surface area contributed by atoms with Crippen molar-refractivity contribution in [1.29, 1.82) is 0 Å². The third kappa shape index (κ3) is 6.16. The minimum absolute atomic E-state index is 0.0206. The fraction of sp³-hybridized carbons (Fsp3) is 0.370. The van der Waals surface area contributed by atoms with Gasteiger partial charge < -0.3 is 14.9 Å². The number of halogens is 1. The number of hydrogen-bond acceptors (Lipinski definition) is 8. The number of nitrogens with one attached hydrogen (secondary N) is 1. The van der Waals surface area contributed by atoms with Crippen LogP contribution in [0.2, 0.25) is 0 Å². The van der Waals surface area contributed by atoms with Crippen molar-refractivity contribution in [2.75, 3.05) is 37.6 Å². The van der Waals surface area contributed by atoms with Crippen LogP contribution in [0.3, 0.4) is 0 Å². The average Bonchev–Trinajstić information content (AvgIpc) is 3.71. The lowest BCUT2D eigenvalue weighted by Gasteiger charge is -2.54. The summed E-state index contributed by atoms with van der Waals surface area (Å²) >= 11 is 0. The molecule has 4 aromatic rings. The minimum Gasteiger partial charge on any atom is -0.508 e. The SMILES string of the molecule is O=C1CC[C@@H](N2C(=O)c3cc4c(cc3C2=O)CN(CC(=O)N2CC3(CCN(c5ccc([C@@H]6c7ccc(O)cc7CC[C@@H]6c6ccccc6)cc5F)CC3)C2)C4)C(=O)N1. The Morgan fingerprint density at radius 1 is 0.793 bits per heavy atom. The maximum absolute atomic E-state index is 16.1. The number of likely N-dealkylation sites (tertiary alicyclic amines) is 1. The van der Waals surface area contributed by atoms with E-state index in [2.05, 4.69) is 40.5 Å². The number of fused-ring (bicyclic) bond motifs is 3. The molecular formula is C46H44FN5O6. The highest BCUT2D eigenvalue weighted by molar-refractivity contribution is 6.23. The number of aromatic hydroxyl groups is 1. The first-order valence-corrected chi connectivity index (χ1v) is 20.3. The standard InChI is InChI=1S/C46H44FN5O6/c47-37-21-29(42-33(27-4-2-1-3-5-27)9-6-28-18-32(53)8-10-34(28)42)7-11-38(37)50-16-14-46(15-17-50)25-51(26-46)41(55)24-49-22-30-19-35-36(20-31(30)23-49)45(58)52(44(35)57)39-12-13-40(54)48-43(39)56/h1-5,7-8,10-11,18-21,33,39,42,53H,6,9,12-17,22-26H2,(H,48,54,56)/t33-,39-,42+/m1/s1. The Morgan fingerprint density at radius 3 is 2.17 bits per heavy atom. The molecule has 4 aromatic carbocycles. The molecule has 3 fully saturated rings. The van der Waals surface area contributed by atoms with Crippen molar-refractivity contribution >= 4 is 35.2 Å². The van der Waals surface area contributed by atoms with E-state index < -0.39 is 29.7 Å². The summed E-state index contributed by atoms with van der Waals surface area (Å²) in [4.78, 5) is 71.2. The number of piperidine rings is 2. The number of anilines is 1. The molecule has 12 heteroatoms. The van der Waals surface area contributed by atoms with E-state index in [-0.39, 0.29) is 65.2 Å². The normalized spacial score (nSPS) is 23.7. The van der Waals surface area contributed by atoms with Gasteiger partial charge in [-0.15, -0.1) is 0 Å². The number of carbonyl (C=O) groups excluding carboxylic acids is 5. The van der Waals surface area contributed by atoms with Gasteiger partial charge in [0.25, 0.3) is 11.8 Å². The van der Waals surface area contributed by atoms with Gasteiger partial charge >= 0.3 is 0 Å². The molecule has 10 rings (SSSR count). The van der Waals surface area contributed by atoms with Crippen molar-refractivity contribution in [2.45, 2.75) is 69.5 Å². The van der Waals surface area contributed by atoms with Crippen molar-refractivity contribution in [3.63, 3.8) is 0 Å². The molecule has 6 aliphatic rings. The Kier molecular flexibility index (Phi) is 8.74. The number of phenolic OH excluding ortho intramolecular Hbond substituents is 1. The van der Waals surface area contributed by atoms with Crippen LogP contribution in [0, 0.1) is 11.2 Å². The number of rotatable bonds is 6. The van der Waals surface area contributed by atoms with Gasteiger partial charge in [-0.25, -0.2) is 4.39 Å². The molecule has 0 radical (unpaired) electrons. The van der Waals surface area contributed by atoms with E-state index in [1.807, 2.05) is 34.1 Å². The number of nitrogens with zero attached hydrogens (tertiary/aromatic N) is 4. The predicted octanol–water partition coefficient (Wildman–Crippen LogP) is 5.24. The maximum atomic E-state index is 16.1. The summed E-state index contributed by atoms with van der Waals surface area (Å²) in [5, 5.41) is 12.4. The molecule has 1 aliphatic carbocycles. The molecule has 0 bridgehead atoms. The summed E-state index contributed by atoms with van der Waals surface area (Å²) < 4.78 is 16.1. The molecule has 5 aliphatic heterocycles. The minimum atomic E-state index is -1.01. The number of amides is 5. The second kappa shape index (κ2) is 13.9. The van der Waals surface area contributed by atoms with Crippen LogP contribution in [-0.2, 0) is 33.9 Å². The smallest absolute Gasteiger partial charge is 0.262 e. The monoisotopic (exact) mass is 781 g/mol. The van der Waals surface area contributed by atoms with Crippen molar-refractivity contribution in [1.82, 2.24) is 20.0 Å². The Labute approximate surface area is 335 Å². The van der Waals surface area contributed by atoms with Crippen molar-refractivity contribution < 1.29 is 33.5 Å². The Balaban J connectivity index is 0.751. The predicted molar refractivity (Wildman–Crippen MR) is 212 cm³/mol. The third-order valence-electron chi connectivity index (χ3n) is 13.6. The number of aryl methyl sites for hydroxylation is 1. The zero-order valence-corrected chi connectivity index (χ0v) is 32.1. The molecule has 58 heavy (non-hydrogen) atoms. The lowest BCUT2D eigenvalue weighted by Crippen LogP contribution is -2.63. The van der Waals surface area contributed by atoms with Gasteiger partial charge in [0.05, 0.1) is 23.4 Å². The summed E-state index contributed by atoms with van der Waals surface area (Å²) in [7, 11) is 0. The lowest BCUT2D eigenvalue weighted by atomic mass is 9.69. The van der Waals surface area contributed by atoms with Gasteiger partial charge in [0, 0.05) is 57.0 Å². The van der Waals surface area contributed by atoms with Crippen molar-refractivity contribution in [3.05, 3.63) is 129 Å². The summed E-state index contributed by atoms with van der Waals surface area (Å²) in [6, 6.07) is 24.1. The largest absolute Gasteiger partial charge is 0.508 e. The number of phenols is 1. The first kappa shape index (κ1) is 36.5. The Bertz CT molecular complexity index is 2360.